The number of nitrogens with one attached hydrogen (secondary N) is 1. The van der Waals surface area contributed by atoms with Crippen molar-refractivity contribution in [2.24, 2.45) is 7.05 Å². The summed E-state index contributed by atoms with van der Waals surface area (Å²) >= 11 is 0. The predicted octanol–water partition coefficient (Wildman–Crippen LogP) is 0.453. The van der Waals surface area contributed by atoms with Gasteiger partial charge in [-0.15, -0.1) is 0 Å². The Hall–Kier alpha value is -0.870. The Morgan fingerprint density at radius 2 is 2.46 bits per heavy atom. The Balaban J connectivity index is 2.69. The normalized spacial score (nSPS) is 13.2. The molecule has 0 aliphatic carbocycles. The minimum absolute atomic E-state index is 0.197. The molecule has 4 heteroatoms. The average Bonchev–Trinajstić information content (AvgIpc) is 2.51. The van der Waals surface area contributed by atoms with Gasteiger partial charge in [0.2, 0.25) is 0 Å². The lowest BCUT2D eigenvalue weighted by molar-refractivity contribution is 0.264. The van der Waals surface area contributed by atoms with E-state index in [4.69, 9.17) is 5.11 Å². The minimum Gasteiger partial charge on any atom is -0.396 e. The third-order valence-electron chi connectivity index (χ3n) is 2.08. The van der Waals surface area contributed by atoms with E-state index in [9.17, 15) is 0 Å². The highest BCUT2D eigenvalue weighted by Gasteiger charge is 2.12. The number of aromatic nitrogens is 2. The van der Waals surface area contributed by atoms with E-state index in [2.05, 4.69) is 17.2 Å². The molecule has 1 atom stereocenters. The van der Waals surface area contributed by atoms with Crippen molar-refractivity contribution in [1.29, 1.82) is 0 Å². The lowest BCUT2D eigenvalue weighted by Crippen LogP contribution is -2.23. The van der Waals surface area contributed by atoms with E-state index in [-0.39, 0.29) is 12.6 Å². The monoisotopic (exact) mass is 183 g/mol. The summed E-state index contributed by atoms with van der Waals surface area (Å²) in [6, 6.07) is 0.211. The van der Waals surface area contributed by atoms with E-state index in [1.165, 1.54) is 0 Å². The first-order valence-electron chi connectivity index (χ1n) is 4.60. The SMILES string of the molecule is CCNC(CCO)c1cncn1C. The number of aryl methyl sites for hydroxylation is 1. The zero-order valence-corrected chi connectivity index (χ0v) is 8.20. The third-order valence-corrected chi connectivity index (χ3v) is 2.08. The highest BCUT2D eigenvalue weighted by molar-refractivity contribution is 5.04. The summed E-state index contributed by atoms with van der Waals surface area (Å²) < 4.78 is 1.98. The van der Waals surface area contributed by atoms with E-state index in [1.807, 2.05) is 17.8 Å². The summed E-state index contributed by atoms with van der Waals surface area (Å²) in [6.45, 7) is 3.15. The van der Waals surface area contributed by atoms with Gasteiger partial charge in [-0.05, 0) is 13.0 Å². The van der Waals surface area contributed by atoms with Crippen LogP contribution in [-0.2, 0) is 7.05 Å². The number of nitrogens with zero attached hydrogens (tertiary/aromatic N) is 2. The van der Waals surface area contributed by atoms with Crippen LogP contribution in [0.5, 0.6) is 0 Å². The van der Waals surface area contributed by atoms with Gasteiger partial charge >= 0.3 is 0 Å². The minimum atomic E-state index is 0.197. The number of imidazole rings is 1. The second kappa shape index (κ2) is 4.99. The van der Waals surface area contributed by atoms with E-state index in [0.29, 0.717) is 0 Å². The summed E-state index contributed by atoms with van der Waals surface area (Å²) in [7, 11) is 1.96. The third kappa shape index (κ3) is 2.54. The van der Waals surface area contributed by atoms with Crippen molar-refractivity contribution in [2.75, 3.05) is 13.2 Å². The van der Waals surface area contributed by atoms with Crippen LogP contribution < -0.4 is 5.32 Å². The van der Waals surface area contributed by atoms with Crippen LogP contribution in [0, 0.1) is 0 Å². The molecule has 1 aromatic rings. The van der Waals surface area contributed by atoms with Crippen LogP contribution in [0.25, 0.3) is 0 Å². The Morgan fingerprint density at radius 1 is 1.69 bits per heavy atom. The average molecular weight is 183 g/mol. The number of hydrogen-bond donors (Lipinski definition) is 2. The van der Waals surface area contributed by atoms with Crippen LogP contribution in [0.2, 0.25) is 0 Å². The van der Waals surface area contributed by atoms with Crippen molar-refractivity contribution in [3.8, 4) is 0 Å². The van der Waals surface area contributed by atoms with Crippen molar-refractivity contribution in [1.82, 2.24) is 14.9 Å². The highest BCUT2D eigenvalue weighted by Crippen LogP contribution is 2.14. The molecule has 0 bridgehead atoms. The molecule has 0 spiro atoms. The van der Waals surface area contributed by atoms with Crippen LogP contribution in [0.1, 0.15) is 25.1 Å². The molecular formula is C9H17N3O. The topological polar surface area (TPSA) is 50.1 Å². The second-order valence-corrected chi connectivity index (χ2v) is 3.05. The maximum atomic E-state index is 8.88. The molecule has 2 N–H and O–H groups in total. The first kappa shape index (κ1) is 10.2. The van der Waals surface area contributed by atoms with Gasteiger partial charge in [0.1, 0.15) is 0 Å². The first-order chi connectivity index (χ1) is 6.29. The maximum Gasteiger partial charge on any atom is 0.0946 e. The molecule has 13 heavy (non-hydrogen) atoms. The molecule has 0 radical (unpaired) electrons. The zero-order valence-electron chi connectivity index (χ0n) is 8.20. The van der Waals surface area contributed by atoms with Gasteiger partial charge in [0.25, 0.3) is 0 Å². The largest absolute Gasteiger partial charge is 0.396 e. The van der Waals surface area contributed by atoms with Crippen LogP contribution in [-0.4, -0.2) is 27.8 Å². The molecule has 1 heterocycles. The standard InChI is InChI=1S/C9H17N3O/c1-3-11-8(4-5-13)9-6-10-7-12(9)2/h6-8,11,13H,3-5H2,1-2H3. The smallest absolute Gasteiger partial charge is 0.0946 e. The molecule has 0 aromatic carbocycles. The lowest BCUT2D eigenvalue weighted by Gasteiger charge is -2.16. The molecule has 1 rings (SSSR count). The molecular weight excluding hydrogens is 166 g/mol. The van der Waals surface area contributed by atoms with Gasteiger partial charge in [-0.1, -0.05) is 6.92 Å². The fraction of sp³-hybridized carbons (Fsp3) is 0.667. The summed E-state index contributed by atoms with van der Waals surface area (Å²) in [4.78, 5) is 4.05. The molecule has 0 aliphatic heterocycles. The fourth-order valence-electron chi connectivity index (χ4n) is 1.43. The Morgan fingerprint density at radius 3 is 2.92 bits per heavy atom. The first-order valence-corrected chi connectivity index (χ1v) is 4.60. The van der Waals surface area contributed by atoms with Gasteiger partial charge in [-0.3, -0.25) is 0 Å². The molecule has 74 valence electrons. The van der Waals surface area contributed by atoms with Gasteiger partial charge in [0.05, 0.1) is 18.1 Å². The molecule has 0 amide bonds. The molecule has 0 aliphatic rings. The summed E-state index contributed by atoms with van der Waals surface area (Å²) in [6.07, 6.45) is 4.34. The van der Waals surface area contributed by atoms with E-state index < -0.39 is 0 Å². The Kier molecular flexibility index (Phi) is 3.92. The van der Waals surface area contributed by atoms with Crippen LogP contribution in [0.15, 0.2) is 12.5 Å². The van der Waals surface area contributed by atoms with E-state index >= 15 is 0 Å². The van der Waals surface area contributed by atoms with Crippen molar-refractivity contribution >= 4 is 0 Å². The molecule has 1 aromatic heterocycles. The van der Waals surface area contributed by atoms with Crippen LogP contribution in [0.4, 0.5) is 0 Å². The van der Waals surface area contributed by atoms with Crippen molar-refractivity contribution in [3.63, 3.8) is 0 Å². The van der Waals surface area contributed by atoms with Crippen LogP contribution >= 0.6 is 0 Å². The quantitative estimate of drug-likeness (QED) is 0.697. The maximum absolute atomic E-state index is 8.88. The van der Waals surface area contributed by atoms with E-state index in [0.717, 1.165) is 18.7 Å². The summed E-state index contributed by atoms with van der Waals surface area (Å²) in [5.74, 6) is 0. The number of aliphatic hydroxyl groups is 1. The molecule has 0 saturated heterocycles. The van der Waals surface area contributed by atoms with Crippen molar-refractivity contribution < 1.29 is 5.11 Å². The van der Waals surface area contributed by atoms with Crippen molar-refractivity contribution in [2.45, 2.75) is 19.4 Å². The van der Waals surface area contributed by atoms with Gasteiger partial charge < -0.3 is 15.0 Å². The van der Waals surface area contributed by atoms with Gasteiger partial charge in [0, 0.05) is 19.9 Å². The molecule has 1 unspecified atom stereocenters. The zero-order chi connectivity index (χ0) is 9.68. The predicted molar refractivity (Wildman–Crippen MR) is 51.3 cm³/mol. The summed E-state index contributed by atoms with van der Waals surface area (Å²) in [5, 5.41) is 12.2. The molecule has 0 saturated carbocycles. The summed E-state index contributed by atoms with van der Waals surface area (Å²) in [5.41, 5.74) is 1.12. The van der Waals surface area contributed by atoms with Gasteiger partial charge in [-0.2, -0.15) is 0 Å². The highest BCUT2D eigenvalue weighted by atomic mass is 16.3. The van der Waals surface area contributed by atoms with E-state index in [1.54, 1.807) is 6.33 Å². The fourth-order valence-corrected chi connectivity index (χ4v) is 1.43. The lowest BCUT2D eigenvalue weighted by atomic mass is 10.1. The van der Waals surface area contributed by atoms with Crippen molar-refractivity contribution in [3.05, 3.63) is 18.2 Å². The molecule has 0 fully saturated rings. The second-order valence-electron chi connectivity index (χ2n) is 3.05. The van der Waals surface area contributed by atoms with Gasteiger partial charge in [0.15, 0.2) is 0 Å². The Labute approximate surface area is 78.6 Å². The number of aliphatic hydroxyl groups excluding tert-OH is 1. The van der Waals surface area contributed by atoms with Crippen LogP contribution in [0.3, 0.4) is 0 Å². The molecule has 4 nitrogen and oxygen atoms in total. The Bertz CT molecular complexity index is 241. The number of hydrogen-bond acceptors (Lipinski definition) is 3. The number of rotatable bonds is 5. The van der Waals surface area contributed by atoms with Gasteiger partial charge in [-0.25, -0.2) is 4.98 Å².